The quantitative estimate of drug-likeness (QED) is 0.554. The van der Waals surface area contributed by atoms with Crippen molar-refractivity contribution in [3.63, 3.8) is 0 Å². The zero-order chi connectivity index (χ0) is 22.3. The molecule has 1 N–H and O–H groups in total. The average Bonchev–Trinajstić information content (AvgIpc) is 2.73. The molecule has 164 valence electrons. The smallest absolute Gasteiger partial charge is 0.243 e. The first-order valence-corrected chi connectivity index (χ1v) is 12.6. The van der Waals surface area contributed by atoms with Crippen molar-refractivity contribution in [2.24, 2.45) is 0 Å². The van der Waals surface area contributed by atoms with Crippen LogP contribution in [-0.2, 0) is 14.8 Å². The van der Waals surface area contributed by atoms with Crippen LogP contribution in [0.25, 0.3) is 0 Å². The first-order valence-electron chi connectivity index (χ1n) is 9.89. The van der Waals surface area contributed by atoms with Crippen LogP contribution in [-0.4, -0.2) is 44.6 Å². The first-order chi connectivity index (χ1) is 14.2. The molecule has 0 spiro atoms. The van der Waals surface area contributed by atoms with E-state index < -0.39 is 10.0 Å². The fraction of sp³-hybridized carbons (Fsp3) is 0.409. The Balaban J connectivity index is 2.10. The van der Waals surface area contributed by atoms with E-state index in [0.29, 0.717) is 12.4 Å². The summed E-state index contributed by atoms with van der Waals surface area (Å²) in [6.07, 6.45) is 2.01. The molecule has 2 rings (SSSR count). The minimum absolute atomic E-state index is 0.152. The summed E-state index contributed by atoms with van der Waals surface area (Å²) in [6.45, 7) is 7.74. The minimum atomic E-state index is -3.80. The van der Waals surface area contributed by atoms with Gasteiger partial charge in [-0.1, -0.05) is 19.1 Å². The van der Waals surface area contributed by atoms with E-state index in [1.807, 2.05) is 44.4 Å². The van der Waals surface area contributed by atoms with E-state index in [1.165, 1.54) is 10.4 Å². The van der Waals surface area contributed by atoms with Gasteiger partial charge < -0.3 is 10.1 Å². The number of likely N-dealkylation sites (N-methyl/N-ethyl adjacent to an activating group) is 1. The van der Waals surface area contributed by atoms with Gasteiger partial charge in [-0.15, -0.1) is 11.8 Å². The average molecular weight is 451 g/mol. The lowest BCUT2D eigenvalue weighted by molar-refractivity contribution is -0.121. The molecule has 0 aliphatic heterocycles. The van der Waals surface area contributed by atoms with Crippen molar-refractivity contribution in [3.8, 4) is 5.75 Å². The van der Waals surface area contributed by atoms with Crippen LogP contribution in [0.3, 0.4) is 0 Å². The van der Waals surface area contributed by atoms with Gasteiger partial charge in [0.25, 0.3) is 0 Å². The van der Waals surface area contributed by atoms with Crippen molar-refractivity contribution in [2.75, 3.05) is 26.0 Å². The van der Waals surface area contributed by atoms with E-state index in [1.54, 1.807) is 37.7 Å². The molecule has 0 bridgehead atoms. The van der Waals surface area contributed by atoms with E-state index in [9.17, 15) is 13.2 Å². The van der Waals surface area contributed by atoms with Gasteiger partial charge in [-0.3, -0.25) is 4.79 Å². The molecule has 0 aromatic heterocycles. The predicted octanol–water partition coefficient (Wildman–Crippen LogP) is 4.00. The van der Waals surface area contributed by atoms with Crippen LogP contribution in [0.1, 0.15) is 37.9 Å². The van der Waals surface area contributed by atoms with Gasteiger partial charge in [-0.05, 0) is 68.5 Å². The molecule has 0 saturated carbocycles. The largest absolute Gasteiger partial charge is 0.494 e. The molecule has 1 amide bonds. The maximum absolute atomic E-state index is 13.0. The summed E-state index contributed by atoms with van der Waals surface area (Å²) < 4.78 is 32.8. The number of rotatable bonds is 10. The minimum Gasteiger partial charge on any atom is -0.494 e. The summed E-state index contributed by atoms with van der Waals surface area (Å²) in [7, 11) is -3.80. The third-order valence-electron chi connectivity index (χ3n) is 4.75. The maximum Gasteiger partial charge on any atom is 0.243 e. The van der Waals surface area contributed by atoms with Gasteiger partial charge >= 0.3 is 0 Å². The van der Waals surface area contributed by atoms with Crippen LogP contribution in [0.2, 0.25) is 0 Å². The maximum atomic E-state index is 13.0. The number of carbonyl (C=O) groups excluding carboxylic acids is 1. The Hall–Kier alpha value is -2.03. The highest BCUT2D eigenvalue weighted by Crippen LogP contribution is 2.24. The Kier molecular flexibility index (Phi) is 8.76. The molecule has 0 saturated heterocycles. The number of ether oxygens (including phenoxy) is 1. The Bertz CT molecular complexity index is 960. The van der Waals surface area contributed by atoms with E-state index in [-0.39, 0.29) is 29.9 Å². The zero-order valence-electron chi connectivity index (χ0n) is 18.1. The Labute approximate surface area is 184 Å². The van der Waals surface area contributed by atoms with E-state index in [0.717, 1.165) is 16.0 Å². The van der Waals surface area contributed by atoms with Crippen LogP contribution in [0.5, 0.6) is 5.75 Å². The molecule has 8 heteroatoms. The highest BCUT2D eigenvalue weighted by Gasteiger charge is 2.26. The predicted molar refractivity (Wildman–Crippen MR) is 122 cm³/mol. The van der Waals surface area contributed by atoms with E-state index >= 15 is 0 Å². The molecule has 6 nitrogen and oxygen atoms in total. The molecule has 2 aromatic rings. The molecule has 2 aromatic carbocycles. The van der Waals surface area contributed by atoms with Crippen LogP contribution < -0.4 is 10.1 Å². The Morgan fingerprint density at radius 2 is 1.83 bits per heavy atom. The van der Waals surface area contributed by atoms with Gasteiger partial charge in [-0.25, -0.2) is 8.42 Å². The number of sulfonamides is 1. The van der Waals surface area contributed by atoms with Gasteiger partial charge in [0.2, 0.25) is 15.9 Å². The Morgan fingerprint density at radius 1 is 1.17 bits per heavy atom. The summed E-state index contributed by atoms with van der Waals surface area (Å²) in [4.78, 5) is 13.9. The molecule has 0 aliphatic carbocycles. The molecule has 0 heterocycles. The van der Waals surface area contributed by atoms with Gasteiger partial charge in [0.05, 0.1) is 24.1 Å². The van der Waals surface area contributed by atoms with Crippen molar-refractivity contribution in [3.05, 3.63) is 53.6 Å². The number of thioether (sulfide) groups is 1. The number of nitrogens with one attached hydrogen (secondary N) is 1. The third kappa shape index (κ3) is 6.00. The summed E-state index contributed by atoms with van der Waals surface area (Å²) >= 11 is 1.65. The first kappa shape index (κ1) is 24.2. The monoisotopic (exact) mass is 450 g/mol. The van der Waals surface area contributed by atoms with Crippen LogP contribution >= 0.6 is 11.8 Å². The van der Waals surface area contributed by atoms with Crippen molar-refractivity contribution < 1.29 is 17.9 Å². The van der Waals surface area contributed by atoms with Crippen molar-refractivity contribution in [2.45, 2.75) is 43.5 Å². The van der Waals surface area contributed by atoms with Crippen molar-refractivity contribution in [1.29, 1.82) is 0 Å². The number of nitrogens with zero attached hydrogens (tertiary/aromatic N) is 1. The number of hydrogen-bond acceptors (Lipinski definition) is 5. The summed E-state index contributed by atoms with van der Waals surface area (Å²) in [5, 5.41) is 2.89. The molecule has 30 heavy (non-hydrogen) atoms. The fourth-order valence-corrected chi connectivity index (χ4v) is 4.94. The second kappa shape index (κ2) is 10.8. The van der Waals surface area contributed by atoms with Gasteiger partial charge in [0, 0.05) is 11.4 Å². The summed E-state index contributed by atoms with van der Waals surface area (Å²) in [5.74, 6) is 0.308. The van der Waals surface area contributed by atoms with Crippen LogP contribution in [0, 0.1) is 6.92 Å². The number of carbonyl (C=O) groups is 1. The number of benzene rings is 2. The molecule has 0 radical (unpaired) electrons. The normalized spacial score (nSPS) is 12.6. The lowest BCUT2D eigenvalue weighted by Crippen LogP contribution is -2.41. The molecular weight excluding hydrogens is 420 g/mol. The summed E-state index contributed by atoms with van der Waals surface area (Å²) in [6, 6.07) is 12.5. The highest BCUT2D eigenvalue weighted by atomic mass is 32.2. The van der Waals surface area contributed by atoms with E-state index in [4.69, 9.17) is 4.74 Å². The van der Waals surface area contributed by atoms with Gasteiger partial charge in [-0.2, -0.15) is 4.31 Å². The standard InChI is InChI=1S/C22H30N2O4S2/c1-6-24(30(26,27)20-12-13-21(28-7-2)16(3)14-20)15-22(25)23-17(4)18-8-10-19(29-5)11-9-18/h8-14,17H,6-7,15H2,1-5H3,(H,23,25)/t17-/m1/s1. The topological polar surface area (TPSA) is 75.7 Å². The SMILES string of the molecule is CCOc1ccc(S(=O)(=O)N(CC)CC(=O)N[C@H](C)c2ccc(SC)cc2)cc1C. The second-order valence-corrected chi connectivity index (χ2v) is 9.67. The van der Waals surface area contributed by atoms with Gasteiger partial charge in [0.15, 0.2) is 0 Å². The number of hydrogen-bond donors (Lipinski definition) is 1. The zero-order valence-corrected chi connectivity index (χ0v) is 19.8. The summed E-state index contributed by atoms with van der Waals surface area (Å²) in [5.41, 5.74) is 1.70. The number of aryl methyl sites for hydroxylation is 1. The second-order valence-electron chi connectivity index (χ2n) is 6.85. The Morgan fingerprint density at radius 3 is 2.37 bits per heavy atom. The van der Waals surface area contributed by atoms with Gasteiger partial charge in [0.1, 0.15) is 5.75 Å². The molecule has 0 fully saturated rings. The molecular formula is C22H30N2O4S2. The number of amides is 1. The van der Waals surface area contributed by atoms with E-state index in [2.05, 4.69) is 5.32 Å². The lowest BCUT2D eigenvalue weighted by Gasteiger charge is -2.22. The lowest BCUT2D eigenvalue weighted by atomic mass is 10.1. The van der Waals surface area contributed by atoms with Crippen LogP contribution in [0.15, 0.2) is 52.3 Å². The molecule has 0 aliphatic rings. The van der Waals surface area contributed by atoms with Crippen LogP contribution in [0.4, 0.5) is 0 Å². The highest BCUT2D eigenvalue weighted by molar-refractivity contribution is 7.98. The fourth-order valence-electron chi connectivity index (χ4n) is 3.04. The molecule has 1 atom stereocenters. The molecule has 0 unspecified atom stereocenters. The van der Waals surface area contributed by atoms with Crippen molar-refractivity contribution in [1.82, 2.24) is 9.62 Å². The van der Waals surface area contributed by atoms with Crippen molar-refractivity contribution >= 4 is 27.7 Å². The third-order valence-corrected chi connectivity index (χ3v) is 7.41.